The topological polar surface area (TPSA) is 49.6 Å². The molecule has 0 N–H and O–H groups in total. The van der Waals surface area contributed by atoms with E-state index in [9.17, 15) is 57.1 Å². The zero-order valence-corrected chi connectivity index (χ0v) is 15.9. The number of rotatable bonds is 3. The van der Waals surface area contributed by atoms with E-state index in [1.54, 1.807) is 0 Å². The highest BCUT2D eigenvalue weighted by atomic mass is 19.4. The van der Waals surface area contributed by atoms with Crippen LogP contribution in [0.4, 0.5) is 57.1 Å². The second-order valence-corrected chi connectivity index (χ2v) is 6.42. The highest BCUT2D eigenvalue weighted by Gasteiger charge is 2.38. The minimum atomic E-state index is -5.58. The highest BCUT2D eigenvalue weighted by molar-refractivity contribution is 5.73. The molecule has 1 aromatic heterocycles. The van der Waals surface area contributed by atoms with E-state index in [-0.39, 0.29) is 6.07 Å². The summed E-state index contributed by atoms with van der Waals surface area (Å²) in [5.74, 6) is -23.7. The van der Waals surface area contributed by atoms with Gasteiger partial charge in [-0.05, 0) is 6.07 Å². The lowest BCUT2D eigenvalue weighted by Gasteiger charge is -2.15. The van der Waals surface area contributed by atoms with Crippen LogP contribution in [0.3, 0.4) is 0 Å². The number of aromatic nitrogens is 2. The van der Waals surface area contributed by atoms with Crippen LogP contribution in [-0.4, -0.2) is 9.97 Å². The van der Waals surface area contributed by atoms with E-state index in [4.69, 9.17) is 5.26 Å². The van der Waals surface area contributed by atoms with E-state index in [0.29, 0.717) is 6.07 Å². The first-order valence-corrected chi connectivity index (χ1v) is 8.50. The van der Waals surface area contributed by atoms with Gasteiger partial charge in [-0.2, -0.15) is 18.4 Å². The van der Waals surface area contributed by atoms with Crippen molar-refractivity contribution >= 4 is 0 Å². The molecule has 0 bridgehead atoms. The van der Waals surface area contributed by atoms with Gasteiger partial charge in [0.2, 0.25) is 5.82 Å². The molecule has 0 atom stereocenters. The van der Waals surface area contributed by atoms with E-state index in [1.165, 1.54) is 0 Å². The third kappa shape index (κ3) is 4.10. The summed E-state index contributed by atoms with van der Waals surface area (Å²) in [6, 6.07) is 0.555. The quantitative estimate of drug-likeness (QED) is 0.284. The summed E-state index contributed by atoms with van der Waals surface area (Å²) in [6.07, 6.45) is -9.36. The second kappa shape index (κ2) is 8.71. The monoisotopic (exact) mass is 519 g/mol. The zero-order chi connectivity index (χ0) is 26.6. The van der Waals surface area contributed by atoms with E-state index in [0.717, 1.165) is 0 Å². The van der Waals surface area contributed by atoms with E-state index < -0.39 is 98.6 Å². The van der Waals surface area contributed by atoms with Crippen LogP contribution in [0.5, 0.6) is 0 Å². The van der Waals surface area contributed by atoms with Gasteiger partial charge in [0.15, 0.2) is 46.5 Å². The number of benzene rings is 2. The van der Waals surface area contributed by atoms with Crippen LogP contribution in [0.15, 0.2) is 6.07 Å². The number of nitriles is 1. The maximum absolute atomic E-state index is 14.6. The Bertz CT molecular complexity index is 1350. The smallest absolute Gasteiger partial charge is 0.224 e. The SMILES string of the molecule is N#Cc1c(F)c(F)c(-c2c(F)c(F)c(-c3cc(C(F)F)nc(C(F)(F)F)n3)c(F)c2F)c(F)c1F. The lowest BCUT2D eigenvalue weighted by atomic mass is 9.96. The molecule has 1 heterocycles. The first-order chi connectivity index (χ1) is 16.1. The number of alkyl halides is 5. The average Bonchev–Trinajstić information content (AvgIpc) is 2.78. The number of hydrogen-bond donors (Lipinski definition) is 0. The molecule has 0 amide bonds. The summed E-state index contributed by atoms with van der Waals surface area (Å²) < 4.78 is 179. The molecule has 0 saturated carbocycles. The Morgan fingerprint density at radius 2 is 1.06 bits per heavy atom. The Morgan fingerprint density at radius 1 is 0.657 bits per heavy atom. The molecule has 3 rings (SSSR count). The highest BCUT2D eigenvalue weighted by Crippen LogP contribution is 2.41. The minimum Gasteiger partial charge on any atom is -0.224 e. The molecule has 0 aliphatic carbocycles. The van der Waals surface area contributed by atoms with E-state index in [1.807, 2.05) is 0 Å². The van der Waals surface area contributed by atoms with Crippen LogP contribution >= 0.6 is 0 Å². The van der Waals surface area contributed by atoms with Crippen LogP contribution in [-0.2, 0) is 6.18 Å². The van der Waals surface area contributed by atoms with Crippen LogP contribution in [0.2, 0.25) is 0 Å². The number of hydrogen-bond acceptors (Lipinski definition) is 3. The Hall–Kier alpha value is -3.90. The molecule has 0 unspecified atom stereocenters. The second-order valence-electron chi connectivity index (χ2n) is 6.42. The fourth-order valence-electron chi connectivity index (χ4n) is 2.86. The van der Waals surface area contributed by atoms with Crippen molar-refractivity contribution in [2.24, 2.45) is 0 Å². The molecule has 0 spiro atoms. The first-order valence-electron chi connectivity index (χ1n) is 8.50. The van der Waals surface area contributed by atoms with Crippen LogP contribution in [0.25, 0.3) is 22.4 Å². The fourth-order valence-corrected chi connectivity index (χ4v) is 2.86. The molecule has 3 aromatic rings. The maximum Gasteiger partial charge on any atom is 0.451 e. The third-order valence-corrected chi connectivity index (χ3v) is 4.37. The summed E-state index contributed by atoms with van der Waals surface area (Å²) in [5.41, 5.74) is -12.3. The fraction of sp³-hybridized carbons (Fsp3) is 0.105. The molecule has 0 aliphatic rings. The molecule has 3 nitrogen and oxygen atoms in total. The predicted molar refractivity (Wildman–Crippen MR) is 87.2 cm³/mol. The summed E-state index contributed by atoms with van der Waals surface area (Å²) in [5, 5.41) is 8.53. The van der Waals surface area contributed by atoms with Gasteiger partial charge in [-0.25, -0.2) is 53.9 Å². The zero-order valence-electron chi connectivity index (χ0n) is 15.9. The predicted octanol–water partition coefficient (Wildman–Crippen LogP) is 6.75. The average molecular weight is 519 g/mol. The summed E-state index contributed by atoms with van der Waals surface area (Å²) in [7, 11) is 0. The first kappa shape index (κ1) is 25.7. The lowest BCUT2D eigenvalue weighted by Crippen LogP contribution is -2.15. The Kier molecular flexibility index (Phi) is 6.40. The van der Waals surface area contributed by atoms with E-state index >= 15 is 0 Å². The van der Waals surface area contributed by atoms with Gasteiger partial charge in [-0.15, -0.1) is 0 Å². The van der Waals surface area contributed by atoms with Crippen molar-refractivity contribution in [2.75, 3.05) is 0 Å². The third-order valence-electron chi connectivity index (χ3n) is 4.37. The summed E-state index contributed by atoms with van der Waals surface area (Å²) >= 11 is 0. The Balaban J connectivity index is 2.43. The van der Waals surface area contributed by atoms with Crippen molar-refractivity contribution in [3.63, 3.8) is 0 Å². The van der Waals surface area contributed by atoms with Gasteiger partial charge in [0.25, 0.3) is 6.43 Å². The van der Waals surface area contributed by atoms with Crippen LogP contribution in [0.1, 0.15) is 23.5 Å². The largest absolute Gasteiger partial charge is 0.451 e. The molecule has 0 saturated heterocycles. The van der Waals surface area contributed by atoms with E-state index in [2.05, 4.69) is 9.97 Å². The summed E-state index contributed by atoms with van der Waals surface area (Å²) in [4.78, 5) is 4.99. The Morgan fingerprint density at radius 3 is 1.43 bits per heavy atom. The van der Waals surface area contributed by atoms with Gasteiger partial charge < -0.3 is 0 Å². The lowest BCUT2D eigenvalue weighted by molar-refractivity contribution is -0.145. The molecule has 0 fully saturated rings. The van der Waals surface area contributed by atoms with Gasteiger partial charge >= 0.3 is 6.18 Å². The molecule has 35 heavy (non-hydrogen) atoms. The molecular weight excluding hydrogens is 517 g/mol. The number of nitrogens with zero attached hydrogens (tertiary/aromatic N) is 3. The van der Waals surface area contributed by atoms with Gasteiger partial charge in [-0.1, -0.05) is 0 Å². The molecule has 0 aliphatic heterocycles. The van der Waals surface area contributed by atoms with Crippen molar-refractivity contribution in [3.05, 3.63) is 69.7 Å². The van der Waals surface area contributed by atoms with Gasteiger partial charge in [0.1, 0.15) is 17.3 Å². The molecular formula is C19H2F13N3. The summed E-state index contributed by atoms with van der Waals surface area (Å²) in [6.45, 7) is 0. The van der Waals surface area contributed by atoms with Crippen molar-refractivity contribution in [2.45, 2.75) is 12.6 Å². The van der Waals surface area contributed by atoms with Gasteiger partial charge in [-0.3, -0.25) is 0 Å². The van der Waals surface area contributed by atoms with Crippen LogP contribution in [0, 0.1) is 57.9 Å². The molecule has 0 radical (unpaired) electrons. The molecule has 2 aromatic carbocycles. The maximum atomic E-state index is 14.6. The minimum absolute atomic E-state index is 0.151. The van der Waals surface area contributed by atoms with Gasteiger partial charge in [0.05, 0.1) is 22.4 Å². The normalized spacial score (nSPS) is 11.8. The van der Waals surface area contributed by atoms with Crippen molar-refractivity contribution in [1.29, 1.82) is 5.26 Å². The molecule has 184 valence electrons. The van der Waals surface area contributed by atoms with Crippen molar-refractivity contribution in [1.82, 2.24) is 9.97 Å². The standard InChI is InChI=1S/C19H2F13N3/c20-9-3(2-33)10(21)14(25)7(13(9)24)8-15(26)11(22)6(12(23)16(8)27)4-1-5(17(28)29)35-18(34-4)19(30,31)32/h1,17H. The van der Waals surface area contributed by atoms with Crippen LogP contribution < -0.4 is 0 Å². The van der Waals surface area contributed by atoms with Gasteiger partial charge in [0, 0.05) is 0 Å². The number of halogens is 13. The Labute approximate surface area is 184 Å². The van der Waals surface area contributed by atoms with Crippen molar-refractivity contribution < 1.29 is 57.1 Å². The van der Waals surface area contributed by atoms with Crippen molar-refractivity contribution in [3.8, 4) is 28.5 Å². The molecule has 16 heteroatoms.